The Morgan fingerprint density at radius 2 is 2.00 bits per heavy atom. The van der Waals surface area contributed by atoms with E-state index < -0.39 is 0 Å². The number of rotatable bonds is 6. The molecule has 0 spiro atoms. The van der Waals surface area contributed by atoms with Crippen LogP contribution in [0.15, 0.2) is 24.3 Å². The molecule has 0 fully saturated rings. The molecule has 94 valence electrons. The van der Waals surface area contributed by atoms with Crippen molar-refractivity contribution in [2.75, 3.05) is 6.54 Å². The van der Waals surface area contributed by atoms with Crippen molar-refractivity contribution in [3.8, 4) is 0 Å². The quantitative estimate of drug-likeness (QED) is 0.774. The first-order valence-corrected chi connectivity index (χ1v) is 6.85. The van der Waals surface area contributed by atoms with E-state index in [0.29, 0.717) is 5.92 Å². The Kier molecular flexibility index (Phi) is 6.21. The second-order valence-corrected chi connectivity index (χ2v) is 5.25. The summed E-state index contributed by atoms with van der Waals surface area (Å²) in [6.45, 7) is 5.14. The van der Waals surface area contributed by atoms with Crippen molar-refractivity contribution in [2.45, 2.75) is 33.1 Å². The number of benzene rings is 1. The van der Waals surface area contributed by atoms with Gasteiger partial charge in [0.15, 0.2) is 0 Å². The van der Waals surface area contributed by atoms with Crippen molar-refractivity contribution in [2.24, 2.45) is 5.92 Å². The molecule has 0 radical (unpaired) electrons. The lowest BCUT2D eigenvalue weighted by Crippen LogP contribution is -2.28. The molecule has 1 N–H and O–H groups in total. The molecule has 0 aliphatic rings. The van der Waals surface area contributed by atoms with Gasteiger partial charge in [-0.25, -0.2) is 0 Å². The summed E-state index contributed by atoms with van der Waals surface area (Å²) in [5.74, 6) is 0.582. The van der Waals surface area contributed by atoms with Gasteiger partial charge in [-0.2, -0.15) is 0 Å². The summed E-state index contributed by atoms with van der Waals surface area (Å²) in [5.41, 5.74) is 0.735. The molecule has 0 saturated heterocycles. The fourth-order valence-corrected chi connectivity index (χ4v) is 1.85. The van der Waals surface area contributed by atoms with E-state index in [4.69, 9.17) is 0 Å². The van der Waals surface area contributed by atoms with Crippen LogP contribution < -0.4 is 10.6 Å². The summed E-state index contributed by atoms with van der Waals surface area (Å²) in [6, 6.07) is 7.57. The molecule has 2 unspecified atom stereocenters. The maximum atomic E-state index is 11.8. The zero-order valence-electron chi connectivity index (χ0n) is 10.7. The zero-order valence-corrected chi connectivity index (χ0v) is 11.9. The van der Waals surface area contributed by atoms with Gasteiger partial charge in [-0.05, 0) is 29.8 Å². The fourth-order valence-electron chi connectivity index (χ4n) is 1.66. The molecule has 0 aliphatic heterocycles. The second kappa shape index (κ2) is 7.45. The summed E-state index contributed by atoms with van der Waals surface area (Å²) in [4.78, 5) is 11.8. The first-order valence-electron chi connectivity index (χ1n) is 6.27. The Hall–Kier alpha value is -0.880. The van der Waals surface area contributed by atoms with Crippen LogP contribution in [0.2, 0.25) is 0 Å². The largest absolute Gasteiger partial charge is 0.352 e. The zero-order chi connectivity index (χ0) is 12.7. The highest BCUT2D eigenvalue weighted by atomic mass is 31.0. The fraction of sp³-hybridized carbons (Fsp3) is 0.500. The van der Waals surface area contributed by atoms with Crippen molar-refractivity contribution < 1.29 is 4.79 Å². The molecule has 0 aliphatic carbocycles. The predicted molar refractivity (Wildman–Crippen MR) is 76.8 cm³/mol. The summed E-state index contributed by atoms with van der Waals surface area (Å²) in [6.07, 6.45) is 3.63. The molecule has 0 heterocycles. The standard InChI is InChI=1S/C14H22NOP/c1-3-4-5-11(2)10-15-14(16)12-6-8-13(17)9-7-12/h6-9,11H,3-5,10,17H2,1-2H3,(H,15,16). The number of nitrogens with one attached hydrogen (secondary N) is 1. The average molecular weight is 251 g/mol. The van der Waals surface area contributed by atoms with Gasteiger partial charge in [0.05, 0.1) is 0 Å². The van der Waals surface area contributed by atoms with Crippen LogP contribution in [-0.2, 0) is 0 Å². The smallest absolute Gasteiger partial charge is 0.251 e. The first-order chi connectivity index (χ1) is 8.13. The molecular weight excluding hydrogens is 229 g/mol. The second-order valence-electron chi connectivity index (χ2n) is 4.58. The van der Waals surface area contributed by atoms with Gasteiger partial charge in [0.25, 0.3) is 5.91 Å². The van der Waals surface area contributed by atoms with Crippen LogP contribution in [0.1, 0.15) is 43.5 Å². The van der Waals surface area contributed by atoms with Gasteiger partial charge in [-0.3, -0.25) is 4.79 Å². The van der Waals surface area contributed by atoms with Gasteiger partial charge in [0.1, 0.15) is 0 Å². The summed E-state index contributed by atoms with van der Waals surface area (Å²) < 4.78 is 0. The van der Waals surface area contributed by atoms with Gasteiger partial charge >= 0.3 is 0 Å². The SMILES string of the molecule is CCCCC(C)CNC(=O)c1ccc(P)cc1. The summed E-state index contributed by atoms with van der Waals surface area (Å²) in [5, 5.41) is 4.08. The molecule has 2 atom stereocenters. The van der Waals surface area contributed by atoms with Crippen LogP contribution in [0.3, 0.4) is 0 Å². The van der Waals surface area contributed by atoms with Crippen molar-refractivity contribution in [3.05, 3.63) is 29.8 Å². The number of hydrogen-bond acceptors (Lipinski definition) is 1. The maximum Gasteiger partial charge on any atom is 0.251 e. The molecular formula is C14H22NOP. The molecule has 1 aromatic carbocycles. The lowest BCUT2D eigenvalue weighted by molar-refractivity contribution is 0.0947. The summed E-state index contributed by atoms with van der Waals surface area (Å²) in [7, 11) is 2.61. The van der Waals surface area contributed by atoms with Crippen LogP contribution in [0, 0.1) is 5.92 Å². The third kappa shape index (κ3) is 5.32. The minimum Gasteiger partial charge on any atom is -0.352 e. The third-order valence-electron chi connectivity index (χ3n) is 2.83. The van der Waals surface area contributed by atoms with E-state index in [1.165, 1.54) is 19.3 Å². The molecule has 1 aromatic rings. The van der Waals surface area contributed by atoms with E-state index in [1.54, 1.807) is 0 Å². The minimum absolute atomic E-state index is 0.0262. The Balaban J connectivity index is 2.36. The number of amides is 1. The number of hydrogen-bond donors (Lipinski definition) is 1. The maximum absolute atomic E-state index is 11.8. The molecule has 0 bridgehead atoms. The molecule has 1 rings (SSSR count). The Morgan fingerprint density at radius 1 is 1.35 bits per heavy atom. The number of carbonyl (C=O) groups is 1. The number of unbranched alkanes of at least 4 members (excludes halogenated alkanes) is 1. The Morgan fingerprint density at radius 3 is 2.59 bits per heavy atom. The van der Waals surface area contributed by atoms with Gasteiger partial charge in [0.2, 0.25) is 0 Å². The van der Waals surface area contributed by atoms with Crippen molar-refractivity contribution in [1.82, 2.24) is 5.32 Å². The highest BCUT2D eigenvalue weighted by Crippen LogP contribution is 2.06. The predicted octanol–water partition coefficient (Wildman–Crippen LogP) is 2.74. The van der Waals surface area contributed by atoms with Gasteiger partial charge in [-0.15, -0.1) is 9.24 Å². The monoisotopic (exact) mass is 251 g/mol. The average Bonchev–Trinajstić information content (AvgIpc) is 2.34. The normalized spacial score (nSPS) is 12.2. The first kappa shape index (κ1) is 14.2. The van der Waals surface area contributed by atoms with E-state index in [9.17, 15) is 4.79 Å². The minimum atomic E-state index is 0.0262. The molecule has 3 heteroatoms. The van der Waals surface area contributed by atoms with Crippen molar-refractivity contribution in [3.63, 3.8) is 0 Å². The van der Waals surface area contributed by atoms with Crippen LogP contribution >= 0.6 is 9.24 Å². The lowest BCUT2D eigenvalue weighted by atomic mass is 10.0. The van der Waals surface area contributed by atoms with Crippen molar-refractivity contribution >= 4 is 20.5 Å². The molecule has 2 nitrogen and oxygen atoms in total. The Labute approximate surface area is 106 Å². The number of carbonyl (C=O) groups excluding carboxylic acids is 1. The third-order valence-corrected chi connectivity index (χ3v) is 3.22. The highest BCUT2D eigenvalue weighted by Gasteiger charge is 2.07. The van der Waals surface area contributed by atoms with Crippen LogP contribution in [0.4, 0.5) is 0 Å². The van der Waals surface area contributed by atoms with Gasteiger partial charge in [-0.1, -0.05) is 38.8 Å². The summed E-state index contributed by atoms with van der Waals surface area (Å²) >= 11 is 0. The molecule has 17 heavy (non-hydrogen) atoms. The highest BCUT2D eigenvalue weighted by molar-refractivity contribution is 7.27. The van der Waals surface area contributed by atoms with E-state index >= 15 is 0 Å². The molecule has 0 saturated carbocycles. The van der Waals surface area contributed by atoms with Gasteiger partial charge in [0, 0.05) is 12.1 Å². The van der Waals surface area contributed by atoms with E-state index in [-0.39, 0.29) is 5.91 Å². The van der Waals surface area contributed by atoms with E-state index in [1.807, 2.05) is 24.3 Å². The van der Waals surface area contributed by atoms with Crippen LogP contribution in [-0.4, -0.2) is 12.5 Å². The van der Waals surface area contributed by atoms with Crippen LogP contribution in [0.25, 0.3) is 0 Å². The van der Waals surface area contributed by atoms with E-state index in [0.717, 1.165) is 17.4 Å². The van der Waals surface area contributed by atoms with Crippen LogP contribution in [0.5, 0.6) is 0 Å². The lowest BCUT2D eigenvalue weighted by Gasteiger charge is -2.12. The topological polar surface area (TPSA) is 29.1 Å². The Bertz CT molecular complexity index is 348. The molecule has 1 amide bonds. The molecule has 0 aromatic heterocycles. The van der Waals surface area contributed by atoms with Crippen molar-refractivity contribution in [1.29, 1.82) is 0 Å². The van der Waals surface area contributed by atoms with E-state index in [2.05, 4.69) is 28.4 Å². The van der Waals surface area contributed by atoms with Gasteiger partial charge < -0.3 is 5.32 Å².